The first kappa shape index (κ1) is 16.6. The van der Waals surface area contributed by atoms with Gasteiger partial charge in [-0.15, -0.1) is 0 Å². The van der Waals surface area contributed by atoms with Crippen molar-refractivity contribution in [2.24, 2.45) is 4.99 Å². The van der Waals surface area contributed by atoms with E-state index in [-0.39, 0.29) is 5.78 Å². The lowest BCUT2D eigenvalue weighted by atomic mass is 9.96. The average Bonchev–Trinajstić information content (AvgIpc) is 2.68. The summed E-state index contributed by atoms with van der Waals surface area (Å²) in [4.78, 5) is 21.5. The molecule has 0 amide bonds. The summed E-state index contributed by atoms with van der Waals surface area (Å²) in [6, 6.07) is 16.7. The zero-order valence-electron chi connectivity index (χ0n) is 15.3. The molecule has 0 radical (unpaired) electrons. The van der Waals surface area contributed by atoms with Crippen molar-refractivity contribution in [2.75, 3.05) is 22.9 Å². The van der Waals surface area contributed by atoms with Crippen molar-refractivity contribution in [3.8, 4) is 0 Å². The Morgan fingerprint density at radius 1 is 1.04 bits per heavy atom. The van der Waals surface area contributed by atoms with E-state index < -0.39 is 0 Å². The normalized spacial score (nSPS) is 15.8. The number of nitrogens with zero attached hydrogens (tertiary/aromatic N) is 3. The fourth-order valence-corrected chi connectivity index (χ4v) is 3.69. The van der Waals surface area contributed by atoms with Gasteiger partial charge in [0.15, 0.2) is 5.78 Å². The van der Waals surface area contributed by atoms with E-state index in [0.717, 1.165) is 41.6 Å². The Labute approximate surface area is 154 Å². The van der Waals surface area contributed by atoms with E-state index in [1.807, 2.05) is 18.2 Å². The van der Waals surface area contributed by atoms with Crippen LogP contribution in [0.4, 0.5) is 22.7 Å². The number of carbonyl (C=O) groups is 1. The van der Waals surface area contributed by atoms with E-state index in [1.54, 1.807) is 6.08 Å². The Morgan fingerprint density at radius 2 is 1.81 bits per heavy atom. The predicted molar refractivity (Wildman–Crippen MR) is 108 cm³/mol. The Bertz CT molecular complexity index is 895. The first-order chi connectivity index (χ1) is 12.7. The van der Waals surface area contributed by atoms with Crippen molar-refractivity contribution in [1.29, 1.82) is 0 Å². The van der Waals surface area contributed by atoms with Gasteiger partial charge < -0.3 is 9.80 Å². The number of benzene rings is 2. The lowest BCUT2D eigenvalue weighted by Gasteiger charge is -2.35. The molecule has 4 nitrogen and oxygen atoms in total. The number of anilines is 3. The zero-order valence-corrected chi connectivity index (χ0v) is 15.3. The summed E-state index contributed by atoms with van der Waals surface area (Å²) in [5, 5.41) is 0. The van der Waals surface area contributed by atoms with Gasteiger partial charge in [0.2, 0.25) is 0 Å². The van der Waals surface area contributed by atoms with Gasteiger partial charge >= 0.3 is 0 Å². The molecule has 132 valence electrons. The molecule has 4 rings (SSSR count). The van der Waals surface area contributed by atoms with E-state index >= 15 is 0 Å². The Kier molecular flexibility index (Phi) is 4.33. The molecular formula is C22H23N3O. The van der Waals surface area contributed by atoms with E-state index in [9.17, 15) is 4.79 Å². The maximum absolute atomic E-state index is 12.1. The van der Waals surface area contributed by atoms with Crippen molar-refractivity contribution in [2.45, 2.75) is 26.7 Å². The van der Waals surface area contributed by atoms with Crippen molar-refractivity contribution in [3.63, 3.8) is 0 Å². The summed E-state index contributed by atoms with van der Waals surface area (Å²) in [5.74, 6) is 0.170. The van der Waals surface area contributed by atoms with Crippen LogP contribution in [0.25, 0.3) is 0 Å². The van der Waals surface area contributed by atoms with Crippen LogP contribution >= 0.6 is 0 Å². The minimum atomic E-state index is 0.170. The Balaban J connectivity index is 1.91. The molecule has 0 N–H and O–H groups in total. The third kappa shape index (κ3) is 2.81. The lowest BCUT2D eigenvalue weighted by molar-refractivity contribution is -0.114. The third-order valence-corrected chi connectivity index (χ3v) is 5.04. The zero-order chi connectivity index (χ0) is 18.1. The summed E-state index contributed by atoms with van der Waals surface area (Å²) in [5.41, 5.74) is 6.14. The third-order valence-electron chi connectivity index (χ3n) is 5.04. The second-order valence-electron chi connectivity index (χ2n) is 6.57. The SMILES string of the molecule is CCN(CC)c1ccc2c(c1)N(c1ccccc1)C1=CC(=O)CCC1=N2. The first-order valence-electron chi connectivity index (χ1n) is 9.28. The highest BCUT2D eigenvalue weighted by molar-refractivity contribution is 6.17. The number of hydrogen-bond donors (Lipinski definition) is 0. The van der Waals surface area contributed by atoms with Crippen LogP contribution in [-0.2, 0) is 4.79 Å². The molecule has 0 spiro atoms. The molecular weight excluding hydrogens is 322 g/mol. The molecule has 2 aromatic carbocycles. The van der Waals surface area contributed by atoms with Crippen LogP contribution in [0.15, 0.2) is 65.3 Å². The van der Waals surface area contributed by atoms with Crippen LogP contribution in [0, 0.1) is 0 Å². The fourth-order valence-electron chi connectivity index (χ4n) is 3.69. The first-order valence-corrected chi connectivity index (χ1v) is 9.28. The van der Waals surface area contributed by atoms with Gasteiger partial charge in [0, 0.05) is 37.0 Å². The van der Waals surface area contributed by atoms with Gasteiger partial charge in [-0.2, -0.15) is 0 Å². The van der Waals surface area contributed by atoms with Crippen molar-refractivity contribution >= 4 is 34.2 Å². The molecule has 2 aromatic rings. The maximum atomic E-state index is 12.1. The summed E-state index contributed by atoms with van der Waals surface area (Å²) in [7, 11) is 0. The smallest absolute Gasteiger partial charge is 0.158 e. The standard InChI is InChI=1S/C22H23N3O/c1-3-24(4-2)17-10-12-19-21(14-17)25(16-8-6-5-7-9-16)22-15-18(26)11-13-20(22)23-19/h5-10,12,14-15H,3-4,11,13H2,1-2H3. The molecule has 1 heterocycles. The molecule has 0 aromatic heterocycles. The van der Waals surface area contributed by atoms with E-state index in [2.05, 4.69) is 54.0 Å². The molecule has 0 fully saturated rings. The number of para-hydroxylation sites is 1. The van der Waals surface area contributed by atoms with Crippen LogP contribution in [0.3, 0.4) is 0 Å². The topological polar surface area (TPSA) is 35.9 Å². The minimum absolute atomic E-state index is 0.170. The highest BCUT2D eigenvalue weighted by atomic mass is 16.1. The molecule has 0 unspecified atom stereocenters. The number of hydrogen-bond acceptors (Lipinski definition) is 4. The van der Waals surface area contributed by atoms with E-state index in [4.69, 9.17) is 4.99 Å². The predicted octanol–water partition coefficient (Wildman–Crippen LogP) is 5.00. The van der Waals surface area contributed by atoms with Gasteiger partial charge in [-0.1, -0.05) is 18.2 Å². The molecule has 1 aliphatic heterocycles. The van der Waals surface area contributed by atoms with Crippen LogP contribution in [0.1, 0.15) is 26.7 Å². The maximum Gasteiger partial charge on any atom is 0.158 e. The molecule has 26 heavy (non-hydrogen) atoms. The average molecular weight is 345 g/mol. The van der Waals surface area contributed by atoms with Gasteiger partial charge in [0.05, 0.1) is 22.8 Å². The van der Waals surface area contributed by atoms with Gasteiger partial charge in [0.25, 0.3) is 0 Å². The number of allylic oxidation sites excluding steroid dienone is 2. The molecule has 0 saturated carbocycles. The molecule has 4 heteroatoms. The molecule has 2 aliphatic rings. The number of ketones is 1. The summed E-state index contributed by atoms with van der Waals surface area (Å²) in [6.45, 7) is 6.24. The highest BCUT2D eigenvalue weighted by Crippen LogP contribution is 2.44. The molecule has 0 atom stereocenters. The minimum Gasteiger partial charge on any atom is -0.372 e. The van der Waals surface area contributed by atoms with Crippen molar-refractivity contribution in [3.05, 3.63) is 60.3 Å². The number of aliphatic imine (C=N–C) groups is 1. The molecule has 1 aliphatic carbocycles. The molecule has 0 saturated heterocycles. The second kappa shape index (κ2) is 6.79. The lowest BCUT2D eigenvalue weighted by Crippen LogP contribution is -2.30. The van der Waals surface area contributed by atoms with Gasteiger partial charge in [0.1, 0.15) is 0 Å². The molecule has 0 bridgehead atoms. The fraction of sp³-hybridized carbons (Fsp3) is 0.273. The Hall–Kier alpha value is -2.88. The number of carbonyl (C=O) groups excluding carboxylic acids is 1. The number of fused-ring (bicyclic) bond motifs is 2. The van der Waals surface area contributed by atoms with Crippen LogP contribution in [-0.4, -0.2) is 24.6 Å². The largest absolute Gasteiger partial charge is 0.372 e. The highest BCUT2D eigenvalue weighted by Gasteiger charge is 2.30. The van der Waals surface area contributed by atoms with E-state index in [1.165, 1.54) is 5.69 Å². The second-order valence-corrected chi connectivity index (χ2v) is 6.57. The van der Waals surface area contributed by atoms with Crippen LogP contribution in [0.5, 0.6) is 0 Å². The quantitative estimate of drug-likeness (QED) is 0.782. The van der Waals surface area contributed by atoms with E-state index in [0.29, 0.717) is 12.8 Å². The summed E-state index contributed by atoms with van der Waals surface area (Å²) >= 11 is 0. The van der Waals surface area contributed by atoms with Gasteiger partial charge in [-0.3, -0.25) is 4.79 Å². The van der Waals surface area contributed by atoms with Crippen LogP contribution < -0.4 is 9.80 Å². The monoisotopic (exact) mass is 345 g/mol. The van der Waals surface area contributed by atoms with Crippen molar-refractivity contribution < 1.29 is 4.79 Å². The number of rotatable bonds is 4. The van der Waals surface area contributed by atoms with Crippen molar-refractivity contribution in [1.82, 2.24) is 0 Å². The van der Waals surface area contributed by atoms with Crippen LogP contribution in [0.2, 0.25) is 0 Å². The Morgan fingerprint density at radius 3 is 2.54 bits per heavy atom. The van der Waals surface area contributed by atoms with Gasteiger partial charge in [-0.25, -0.2) is 4.99 Å². The summed E-state index contributed by atoms with van der Waals surface area (Å²) < 4.78 is 0. The summed E-state index contributed by atoms with van der Waals surface area (Å²) in [6.07, 6.45) is 2.99. The van der Waals surface area contributed by atoms with Gasteiger partial charge in [-0.05, 0) is 50.6 Å².